The summed E-state index contributed by atoms with van der Waals surface area (Å²) in [5.74, 6) is 0.00992. The number of hydrogen-bond acceptors (Lipinski definition) is 22. The fourth-order valence-corrected chi connectivity index (χ4v) is 33.0. The molecule has 792 valence electrons. The van der Waals surface area contributed by atoms with E-state index in [9.17, 15) is 31.8 Å². The third-order valence-corrected chi connectivity index (χ3v) is 53.1. The number of benzene rings is 9. The van der Waals surface area contributed by atoms with E-state index in [4.69, 9.17) is 87.8 Å². The Kier molecular flexibility index (Phi) is 58.6. The minimum Gasteiger partial charge on any atom is -0.461 e. The third-order valence-electron chi connectivity index (χ3n) is 25.4. The van der Waals surface area contributed by atoms with Gasteiger partial charge < -0.3 is 64.4 Å². The molecule has 32 heteroatoms. The Bertz CT molecular complexity index is 5230. The molecule has 9 aromatic rings. The van der Waals surface area contributed by atoms with Crippen molar-refractivity contribution in [3.05, 3.63) is 306 Å². The van der Waals surface area contributed by atoms with Crippen molar-refractivity contribution in [2.24, 2.45) is 5.73 Å². The zero-order chi connectivity index (χ0) is 102. The first kappa shape index (κ1) is 131. The zero-order valence-corrected chi connectivity index (χ0v) is 96.9. The van der Waals surface area contributed by atoms with Crippen molar-refractivity contribution in [2.75, 3.05) is 91.6 Å². The predicted octanol–water partition coefficient (Wildman–Crippen LogP) is 28.4. The number of carbonyl (C=O) groups is 4. The van der Waals surface area contributed by atoms with Crippen LogP contribution in [0, 0.1) is 0 Å². The summed E-state index contributed by atoms with van der Waals surface area (Å²) >= 11 is 22.3. The molecule has 143 heavy (non-hydrogen) atoms. The summed E-state index contributed by atoms with van der Waals surface area (Å²) in [7, 11) is -2.15. The predicted molar refractivity (Wildman–Crippen MR) is 608 cm³/mol. The van der Waals surface area contributed by atoms with E-state index in [0.717, 1.165) is 82.2 Å². The first-order chi connectivity index (χ1) is 65.8. The third kappa shape index (κ3) is 41.0. The van der Waals surface area contributed by atoms with Gasteiger partial charge in [-0.05, 0) is 185 Å². The summed E-state index contributed by atoms with van der Waals surface area (Å²) in [6, 6.07) is 77.9. The molecule has 0 amide bonds. The largest absolute Gasteiger partial charge is 0.461 e. The summed E-state index contributed by atoms with van der Waals surface area (Å²) in [5, 5.41) is 7.57. The topological polar surface area (TPSA) is 293 Å². The number of nitrogens with two attached hydrogens (primary N) is 1. The number of carbonyl (C=O) groups excluding carboxylic acids is 4. The standard InChI is InChI=1S/C27H38O3SSi.C18H17BrO3.C18H17ClO5S.C14H19BrO2S.C9H10BrNO.C9H22SSi.C8H7ClO2.C4H8O.C2H6O.2CH4.ClH.H3N/c1-20(2)32(21(3)4,22(5)6)31-25-14-12-24(13-15-25)27(18-29-19-27)16-26(28)30-17-23-10-8-7-9-11-23;19-16-8-6-15(7-9-16)18(12-21-13-18)10-17(20)22-11-14-4-2-1-3-5-14;19-25(21,22)16-8-6-15(7-9-16)18(12-23-13-18)10-17(20)24-11-14-4-2-1-3-5-14;1-13(2,3)18(16)10-14(8-17-9-14)11-4-6-12(15)7-5-11;10-8-3-1-7(2-4-8)9(11)5-12-6-9;1-7(2)11(10,8(3)4)9(5)6;9-8(10)11-6-7-4-2-1-3-5-7;1-2-4-5-3-1;1-2-3;;;;/h7-15,20-22H,16-19H2,1-6H3;1-9H,10-13H2;1-9H,10-13H2;4-7H,8-10H2,1-3H3;1-4H,5-6,11H2;7-10H,1-6H3;1-5H,6H2;1-4H2;3H,2H2,1H3;2*1H4;1H;1H3. The summed E-state index contributed by atoms with van der Waals surface area (Å²) < 4.78 is 90.6. The number of aliphatic hydroxyl groups is 1. The van der Waals surface area contributed by atoms with Crippen LogP contribution in [0.5, 0.6) is 0 Å². The van der Waals surface area contributed by atoms with Crippen LogP contribution in [0.3, 0.4) is 0 Å². The van der Waals surface area contributed by atoms with Gasteiger partial charge in [-0.1, -0.05) is 328 Å². The van der Waals surface area contributed by atoms with Crippen LogP contribution >= 0.6 is 106 Å². The molecule has 6 aliphatic rings. The monoisotopic (exact) mass is 2330 g/mol. The average Bonchev–Trinajstić information content (AvgIpc) is 1.69. The van der Waals surface area contributed by atoms with Crippen LogP contribution in [-0.4, -0.2) is 152 Å². The second-order valence-corrected chi connectivity index (χ2v) is 62.7. The van der Waals surface area contributed by atoms with Crippen molar-refractivity contribution in [1.29, 1.82) is 0 Å². The normalized spacial score (nSPS) is 15.7. The molecule has 0 aromatic heterocycles. The van der Waals surface area contributed by atoms with Gasteiger partial charge in [-0.2, -0.15) is 11.2 Å². The molecule has 0 bridgehead atoms. The zero-order valence-electron chi connectivity index (χ0n) is 84.5. The molecule has 1 unspecified atom stereocenters. The molecule has 6 fully saturated rings. The van der Waals surface area contributed by atoms with Gasteiger partial charge in [0.1, 0.15) is 40.9 Å². The van der Waals surface area contributed by atoms with Crippen LogP contribution in [0.1, 0.15) is 208 Å². The van der Waals surface area contributed by atoms with Gasteiger partial charge in [-0.15, -0.1) is 12.4 Å². The van der Waals surface area contributed by atoms with Gasteiger partial charge in [0.25, 0.3) is 9.05 Å². The lowest BCUT2D eigenvalue weighted by Gasteiger charge is -2.43. The maximum Gasteiger partial charge on any atom is 0.404 e. The lowest BCUT2D eigenvalue weighted by Crippen LogP contribution is -2.54. The van der Waals surface area contributed by atoms with Crippen molar-refractivity contribution in [1.82, 2.24) is 6.15 Å². The molecule has 20 nitrogen and oxygen atoms in total. The Morgan fingerprint density at radius 3 is 0.916 bits per heavy atom. The van der Waals surface area contributed by atoms with Crippen LogP contribution < -0.4 is 11.9 Å². The Hall–Kier alpha value is -5.96. The molecule has 1 atom stereocenters. The molecular weight excluding hydrogens is 2180 g/mol. The number of esters is 3. The van der Waals surface area contributed by atoms with E-state index in [-0.39, 0.29) is 109 Å². The Balaban J connectivity index is 0.000000433. The molecule has 0 radical (unpaired) electrons. The van der Waals surface area contributed by atoms with Crippen molar-refractivity contribution in [3.8, 4) is 0 Å². The molecule has 6 heterocycles. The Labute approximate surface area is 908 Å². The van der Waals surface area contributed by atoms with Gasteiger partial charge in [0.15, 0.2) is 0 Å². The number of ether oxygens (including phenoxy) is 10. The van der Waals surface area contributed by atoms with Crippen LogP contribution in [-0.2, 0) is 135 Å². The Morgan fingerprint density at radius 2 is 0.699 bits per heavy atom. The van der Waals surface area contributed by atoms with Crippen molar-refractivity contribution in [2.45, 2.75) is 259 Å². The van der Waals surface area contributed by atoms with E-state index in [0.29, 0.717) is 115 Å². The van der Waals surface area contributed by atoms with E-state index >= 15 is 0 Å². The van der Waals surface area contributed by atoms with E-state index in [1.165, 1.54) is 41.0 Å². The molecular formula is C111H156Br3Cl3N2O18S4Si2. The summed E-state index contributed by atoms with van der Waals surface area (Å²) in [4.78, 5) is 48.5. The van der Waals surface area contributed by atoms with Crippen molar-refractivity contribution >= 4 is 163 Å². The van der Waals surface area contributed by atoms with Gasteiger partial charge in [0.2, 0.25) is 0 Å². The van der Waals surface area contributed by atoms with Gasteiger partial charge in [0, 0.05) is 81.7 Å². The van der Waals surface area contributed by atoms with Gasteiger partial charge in [-0.25, -0.2) is 25.3 Å². The lowest BCUT2D eigenvalue weighted by molar-refractivity contribution is -0.153. The molecule has 0 spiro atoms. The highest BCUT2D eigenvalue weighted by Crippen LogP contribution is 2.53. The van der Waals surface area contributed by atoms with Crippen LogP contribution in [0.2, 0.25) is 33.2 Å². The first-order valence-corrected chi connectivity index (χ1v) is 61.1. The van der Waals surface area contributed by atoms with Crippen molar-refractivity contribution < 1.29 is 84.3 Å². The van der Waals surface area contributed by atoms with Crippen LogP contribution in [0.15, 0.2) is 266 Å². The maximum atomic E-state index is 12.6. The SMILES string of the molecule is C.C.C1CCOC1.CC(C)(C)S(=O)CC1(c2ccc(Br)cc2)COC1.CC(C)[Si](S)(C(C)C)C(C)C.CC(C)[Si](Sc1ccc(C2(CC(=O)OCc3ccccc3)COC2)cc1)(C(C)C)C(C)C.CCO.Cl.N.NC1(c2ccc(Br)cc2)COC1.O=C(CC1(c2ccc(Br)cc2)COC1)OCc1ccccc1.O=C(CC1(c2ccc(S(=O)(=O)Cl)cc2)COC1)OCc1ccccc1.O=C(Cl)OCc1ccccc1. The molecule has 15 rings (SSSR count). The number of halogens is 6. The highest BCUT2D eigenvalue weighted by atomic mass is 79.9. The van der Waals surface area contributed by atoms with Crippen molar-refractivity contribution in [3.63, 3.8) is 0 Å². The summed E-state index contributed by atoms with van der Waals surface area (Å²) in [6.07, 6.45) is 3.43. The average molecular weight is 2340 g/mol. The van der Waals surface area contributed by atoms with E-state index < -0.39 is 45.1 Å². The molecule has 9 aromatic carbocycles. The van der Waals surface area contributed by atoms with E-state index in [1.807, 2.05) is 203 Å². The van der Waals surface area contributed by atoms with E-state index in [2.05, 4.69) is 183 Å². The molecule has 6 N–H and O–H groups in total. The lowest BCUT2D eigenvalue weighted by atomic mass is 9.76. The fraction of sp³-hybridized carbons (Fsp3) is 0.477. The maximum absolute atomic E-state index is 12.6. The Morgan fingerprint density at radius 1 is 0.441 bits per heavy atom. The van der Waals surface area contributed by atoms with Gasteiger partial charge >= 0.3 is 23.3 Å². The highest BCUT2D eigenvalue weighted by molar-refractivity contribution is 9.11. The number of aliphatic hydroxyl groups excluding tert-OH is 1. The smallest absolute Gasteiger partial charge is 0.404 e. The minimum absolute atomic E-state index is 0. The summed E-state index contributed by atoms with van der Waals surface area (Å²) in [6.45, 7) is 45.1. The number of thiol groups is 1. The molecule has 6 aliphatic heterocycles. The molecule has 0 saturated carbocycles. The summed E-state index contributed by atoms with van der Waals surface area (Å²) in [5.41, 5.74) is 17.8. The quantitative estimate of drug-likeness (QED) is 0.0107. The highest BCUT2D eigenvalue weighted by Gasteiger charge is 2.49. The molecule has 0 aliphatic carbocycles. The fourth-order valence-electron chi connectivity index (χ4n) is 17.0. The van der Waals surface area contributed by atoms with Gasteiger partial charge in [0.05, 0.1) is 117 Å². The molecule has 6 saturated heterocycles. The van der Waals surface area contributed by atoms with Crippen LogP contribution in [0.25, 0.3) is 0 Å². The second-order valence-electron chi connectivity index (χ2n) is 38.7. The first-order valence-electron chi connectivity index (χ1n) is 47.4. The van der Waals surface area contributed by atoms with Crippen LogP contribution in [0.4, 0.5) is 4.79 Å². The minimum atomic E-state index is -3.77. The number of hydrogen-bond donors (Lipinski definition) is 4. The van der Waals surface area contributed by atoms with Gasteiger partial charge in [-0.3, -0.25) is 18.6 Å². The number of rotatable bonds is 30. The second kappa shape index (κ2) is 63.9. The van der Waals surface area contributed by atoms with E-state index in [1.54, 1.807) is 19.1 Å².